The number of hydrogen-bond acceptors (Lipinski definition) is 5. The third-order valence-corrected chi connectivity index (χ3v) is 6.04. The second kappa shape index (κ2) is 10.2. The average Bonchev–Trinajstić information content (AvgIpc) is 3.14. The summed E-state index contributed by atoms with van der Waals surface area (Å²) in [5, 5.41) is 23.4. The molecule has 0 aliphatic heterocycles. The van der Waals surface area contributed by atoms with Crippen molar-refractivity contribution in [2.45, 2.75) is 90.9 Å². The lowest BCUT2D eigenvalue weighted by Gasteiger charge is -2.31. The highest BCUT2D eigenvalue weighted by molar-refractivity contribution is 5.97. The third-order valence-electron chi connectivity index (χ3n) is 6.04. The van der Waals surface area contributed by atoms with Crippen LogP contribution in [-0.2, 0) is 15.1 Å². The SMILES string of the molecule is Cc1[nH]nc(C(C)(C)O)c1-c1ccc(NC(=O)[C@@H](NC(=O)OC(C)(C)C)C2CCCCC2)cc1. The molecule has 8 heteroatoms. The summed E-state index contributed by atoms with van der Waals surface area (Å²) in [7, 11) is 0. The molecule has 0 unspecified atom stereocenters. The first-order valence-electron chi connectivity index (χ1n) is 12.0. The molecule has 1 saturated carbocycles. The largest absolute Gasteiger partial charge is 0.444 e. The molecule has 1 heterocycles. The lowest BCUT2D eigenvalue weighted by atomic mass is 9.83. The van der Waals surface area contributed by atoms with Gasteiger partial charge in [-0.15, -0.1) is 0 Å². The molecule has 2 aromatic rings. The summed E-state index contributed by atoms with van der Waals surface area (Å²) in [5.74, 6) is -0.175. The summed E-state index contributed by atoms with van der Waals surface area (Å²) in [5.41, 5.74) is 2.06. The van der Waals surface area contributed by atoms with Gasteiger partial charge in [0.25, 0.3) is 0 Å². The van der Waals surface area contributed by atoms with Crippen molar-refractivity contribution in [2.24, 2.45) is 5.92 Å². The lowest BCUT2D eigenvalue weighted by molar-refractivity contribution is -0.119. The first-order chi connectivity index (χ1) is 15.8. The zero-order valence-corrected chi connectivity index (χ0v) is 21.1. The minimum absolute atomic E-state index is 0.0727. The number of anilines is 1. The molecule has 3 rings (SSSR count). The molecule has 0 bridgehead atoms. The van der Waals surface area contributed by atoms with Crippen molar-refractivity contribution in [3.63, 3.8) is 0 Å². The predicted octanol–water partition coefficient (Wildman–Crippen LogP) is 5.02. The number of carbonyl (C=O) groups is 2. The zero-order valence-electron chi connectivity index (χ0n) is 21.1. The van der Waals surface area contributed by atoms with Crippen LogP contribution in [0, 0.1) is 12.8 Å². The van der Waals surface area contributed by atoms with E-state index in [1.807, 2.05) is 31.2 Å². The highest BCUT2D eigenvalue weighted by Crippen LogP contribution is 2.33. The van der Waals surface area contributed by atoms with Gasteiger partial charge in [-0.3, -0.25) is 9.89 Å². The van der Waals surface area contributed by atoms with E-state index in [0.29, 0.717) is 11.4 Å². The van der Waals surface area contributed by atoms with Crippen LogP contribution in [0.5, 0.6) is 0 Å². The van der Waals surface area contributed by atoms with Crippen LogP contribution in [0.25, 0.3) is 11.1 Å². The predicted molar refractivity (Wildman–Crippen MR) is 132 cm³/mol. The van der Waals surface area contributed by atoms with Gasteiger partial charge in [0.2, 0.25) is 5.91 Å². The van der Waals surface area contributed by atoms with Crippen molar-refractivity contribution in [1.82, 2.24) is 15.5 Å². The van der Waals surface area contributed by atoms with Crippen molar-refractivity contribution in [1.29, 1.82) is 0 Å². The molecule has 186 valence electrons. The van der Waals surface area contributed by atoms with E-state index in [1.54, 1.807) is 34.6 Å². The minimum Gasteiger partial charge on any atom is -0.444 e. The maximum Gasteiger partial charge on any atom is 0.408 e. The van der Waals surface area contributed by atoms with Crippen LogP contribution in [0.4, 0.5) is 10.5 Å². The molecule has 1 fully saturated rings. The van der Waals surface area contributed by atoms with E-state index in [0.717, 1.165) is 48.9 Å². The van der Waals surface area contributed by atoms with E-state index in [2.05, 4.69) is 20.8 Å². The van der Waals surface area contributed by atoms with Gasteiger partial charge in [-0.2, -0.15) is 5.10 Å². The lowest BCUT2D eigenvalue weighted by Crippen LogP contribution is -2.50. The van der Waals surface area contributed by atoms with E-state index in [1.165, 1.54) is 0 Å². The summed E-state index contributed by atoms with van der Waals surface area (Å²) < 4.78 is 5.41. The number of ether oxygens (including phenoxy) is 1. The number of nitrogens with one attached hydrogen (secondary N) is 3. The summed E-state index contributed by atoms with van der Waals surface area (Å²) in [6.07, 6.45) is 4.46. The normalized spacial score (nSPS) is 16.1. The van der Waals surface area contributed by atoms with Gasteiger partial charge in [-0.05, 0) is 78.0 Å². The van der Waals surface area contributed by atoms with Gasteiger partial charge in [0.05, 0.1) is 0 Å². The summed E-state index contributed by atoms with van der Waals surface area (Å²) in [6.45, 7) is 10.7. The average molecular weight is 471 g/mol. The first-order valence-corrected chi connectivity index (χ1v) is 12.0. The molecule has 2 amide bonds. The van der Waals surface area contributed by atoms with Gasteiger partial charge in [0.15, 0.2) is 0 Å². The molecular formula is C26H38N4O4. The van der Waals surface area contributed by atoms with Crippen molar-refractivity contribution >= 4 is 17.7 Å². The van der Waals surface area contributed by atoms with Crippen LogP contribution < -0.4 is 10.6 Å². The fraction of sp³-hybridized carbons (Fsp3) is 0.577. The Balaban J connectivity index is 1.76. The zero-order chi connectivity index (χ0) is 25.1. The number of alkyl carbamates (subject to hydrolysis) is 1. The van der Waals surface area contributed by atoms with E-state index in [9.17, 15) is 14.7 Å². The fourth-order valence-corrected chi connectivity index (χ4v) is 4.46. The van der Waals surface area contributed by atoms with Crippen LogP contribution in [0.1, 0.15) is 78.1 Å². The van der Waals surface area contributed by atoms with Crippen LogP contribution in [0.15, 0.2) is 24.3 Å². The number of H-pyrrole nitrogens is 1. The van der Waals surface area contributed by atoms with Crippen molar-refractivity contribution in [3.05, 3.63) is 35.7 Å². The molecule has 1 aromatic carbocycles. The number of rotatable bonds is 6. The summed E-state index contributed by atoms with van der Waals surface area (Å²) in [4.78, 5) is 25.7. The van der Waals surface area contributed by atoms with Crippen LogP contribution in [0.2, 0.25) is 0 Å². The highest BCUT2D eigenvalue weighted by atomic mass is 16.6. The standard InChI is InChI=1S/C26H38N4O4/c1-16-20(22(30-29-16)26(5,6)33)17-12-14-19(15-13-17)27-23(31)21(18-10-8-7-9-11-18)28-24(32)34-25(2,3)4/h12-15,18,21,33H,7-11H2,1-6H3,(H,27,31)(H,28,32)(H,29,30)/t21-/m0/s1. The van der Waals surface area contributed by atoms with Crippen LogP contribution in [0.3, 0.4) is 0 Å². The number of amides is 2. The third kappa shape index (κ3) is 6.59. The van der Waals surface area contributed by atoms with Crippen molar-refractivity contribution < 1.29 is 19.4 Å². The molecule has 0 radical (unpaired) electrons. The van der Waals surface area contributed by atoms with Gasteiger partial charge < -0.3 is 20.5 Å². The molecule has 8 nitrogen and oxygen atoms in total. The van der Waals surface area contributed by atoms with Crippen molar-refractivity contribution in [2.75, 3.05) is 5.32 Å². The molecule has 1 aliphatic rings. The van der Waals surface area contributed by atoms with Gasteiger partial charge >= 0.3 is 6.09 Å². The van der Waals surface area contributed by atoms with Crippen molar-refractivity contribution in [3.8, 4) is 11.1 Å². The second-order valence-corrected chi connectivity index (χ2v) is 10.7. The Labute approximate surface area is 201 Å². The monoisotopic (exact) mass is 470 g/mol. The maximum atomic E-state index is 13.2. The Morgan fingerprint density at radius 1 is 1.09 bits per heavy atom. The number of aryl methyl sites for hydroxylation is 1. The number of carbonyl (C=O) groups excluding carboxylic acids is 2. The first kappa shape index (κ1) is 25.7. The fourth-order valence-electron chi connectivity index (χ4n) is 4.46. The molecule has 1 atom stereocenters. The number of hydrogen-bond donors (Lipinski definition) is 4. The Bertz CT molecular complexity index is 993. The quantitative estimate of drug-likeness (QED) is 0.473. The topological polar surface area (TPSA) is 116 Å². The Kier molecular flexibility index (Phi) is 7.70. The van der Waals surface area contributed by atoms with Gasteiger partial charge in [-0.25, -0.2) is 4.79 Å². The minimum atomic E-state index is -1.09. The van der Waals surface area contributed by atoms with Crippen LogP contribution >= 0.6 is 0 Å². The molecule has 0 spiro atoms. The molecule has 4 N–H and O–H groups in total. The molecule has 1 aromatic heterocycles. The van der Waals surface area contributed by atoms with Gasteiger partial charge in [-0.1, -0.05) is 31.4 Å². The van der Waals surface area contributed by atoms with Crippen LogP contribution in [-0.4, -0.2) is 38.9 Å². The molecule has 34 heavy (non-hydrogen) atoms. The van der Waals surface area contributed by atoms with Gasteiger partial charge in [0, 0.05) is 16.9 Å². The smallest absolute Gasteiger partial charge is 0.408 e. The maximum absolute atomic E-state index is 13.2. The molecule has 0 saturated heterocycles. The van der Waals surface area contributed by atoms with E-state index in [4.69, 9.17) is 4.74 Å². The number of aliphatic hydroxyl groups is 1. The summed E-state index contributed by atoms with van der Waals surface area (Å²) >= 11 is 0. The number of nitrogens with zero attached hydrogens (tertiary/aromatic N) is 1. The summed E-state index contributed by atoms with van der Waals surface area (Å²) in [6, 6.07) is 6.75. The Morgan fingerprint density at radius 2 is 1.71 bits per heavy atom. The molecular weight excluding hydrogens is 432 g/mol. The number of aromatic amines is 1. The second-order valence-electron chi connectivity index (χ2n) is 10.7. The molecule has 1 aliphatic carbocycles. The number of benzene rings is 1. The van der Waals surface area contributed by atoms with E-state index < -0.39 is 23.3 Å². The van der Waals surface area contributed by atoms with E-state index in [-0.39, 0.29) is 11.8 Å². The Morgan fingerprint density at radius 3 is 2.26 bits per heavy atom. The highest BCUT2D eigenvalue weighted by Gasteiger charge is 2.32. The Hall–Kier alpha value is -2.87. The number of aromatic nitrogens is 2. The van der Waals surface area contributed by atoms with E-state index >= 15 is 0 Å². The van der Waals surface area contributed by atoms with Gasteiger partial charge in [0.1, 0.15) is 22.9 Å².